The van der Waals surface area contributed by atoms with Gasteiger partial charge >= 0.3 is 6.18 Å². The summed E-state index contributed by atoms with van der Waals surface area (Å²) in [4.78, 5) is 13.4. The molecule has 0 unspecified atom stereocenters. The highest BCUT2D eigenvalue weighted by Crippen LogP contribution is 2.38. The van der Waals surface area contributed by atoms with Crippen molar-refractivity contribution in [3.05, 3.63) is 0 Å². The van der Waals surface area contributed by atoms with Crippen LogP contribution in [0.3, 0.4) is 0 Å². The van der Waals surface area contributed by atoms with E-state index in [0.29, 0.717) is 13.1 Å². The van der Waals surface area contributed by atoms with Gasteiger partial charge in [0.1, 0.15) is 13.2 Å². The number of amides is 1. The van der Waals surface area contributed by atoms with Gasteiger partial charge in [0.25, 0.3) is 0 Å². The fourth-order valence-electron chi connectivity index (χ4n) is 2.86. The molecule has 118 valence electrons. The van der Waals surface area contributed by atoms with Crippen molar-refractivity contribution in [1.82, 2.24) is 10.2 Å². The molecule has 1 spiro atoms. The molecule has 2 aliphatic heterocycles. The van der Waals surface area contributed by atoms with E-state index < -0.39 is 19.4 Å². The van der Waals surface area contributed by atoms with Crippen LogP contribution in [-0.2, 0) is 9.53 Å². The highest BCUT2D eigenvalue weighted by atomic mass is 35.5. The summed E-state index contributed by atoms with van der Waals surface area (Å²) in [6.45, 7) is 1.35. The van der Waals surface area contributed by atoms with Crippen molar-refractivity contribution in [3.8, 4) is 0 Å². The van der Waals surface area contributed by atoms with Gasteiger partial charge in [0.2, 0.25) is 5.91 Å². The van der Waals surface area contributed by atoms with E-state index in [-0.39, 0.29) is 23.7 Å². The molecule has 0 aromatic rings. The van der Waals surface area contributed by atoms with Gasteiger partial charge in [-0.1, -0.05) is 0 Å². The Balaban J connectivity index is 0.00000200. The molecular formula is C12H20ClF3N2O2. The first-order chi connectivity index (χ1) is 8.90. The molecule has 1 amide bonds. The molecule has 0 atom stereocenters. The highest BCUT2D eigenvalue weighted by Gasteiger charge is 2.40. The van der Waals surface area contributed by atoms with Crippen LogP contribution in [0, 0.1) is 5.41 Å². The van der Waals surface area contributed by atoms with Gasteiger partial charge in [0, 0.05) is 13.1 Å². The number of nitrogens with zero attached hydrogens (tertiary/aromatic N) is 1. The Kier molecular flexibility index (Phi) is 6.09. The number of alkyl halides is 3. The van der Waals surface area contributed by atoms with Gasteiger partial charge in [0.15, 0.2) is 0 Å². The number of hydrogen-bond acceptors (Lipinski definition) is 3. The average Bonchev–Trinajstić information content (AvgIpc) is 2.72. The largest absolute Gasteiger partial charge is 0.411 e. The minimum absolute atomic E-state index is 0. The first-order valence-corrected chi connectivity index (χ1v) is 6.53. The maximum absolute atomic E-state index is 11.9. The molecule has 0 aliphatic carbocycles. The number of ether oxygens (including phenoxy) is 1. The third-order valence-electron chi connectivity index (χ3n) is 3.95. The predicted octanol–water partition coefficient (Wildman–Crippen LogP) is 1.59. The van der Waals surface area contributed by atoms with Crippen molar-refractivity contribution in [2.75, 3.05) is 39.4 Å². The second kappa shape index (κ2) is 6.95. The number of carbonyl (C=O) groups is 1. The summed E-state index contributed by atoms with van der Waals surface area (Å²) in [5.41, 5.74) is 0.172. The Morgan fingerprint density at radius 1 is 1.25 bits per heavy atom. The molecule has 0 bridgehead atoms. The lowest BCUT2D eigenvalue weighted by molar-refractivity contribution is -0.177. The van der Waals surface area contributed by atoms with Crippen LogP contribution in [-0.4, -0.2) is 56.4 Å². The monoisotopic (exact) mass is 316 g/mol. The van der Waals surface area contributed by atoms with Gasteiger partial charge in [-0.3, -0.25) is 4.79 Å². The van der Waals surface area contributed by atoms with E-state index in [4.69, 9.17) is 0 Å². The number of hydrogen-bond donors (Lipinski definition) is 1. The third-order valence-corrected chi connectivity index (χ3v) is 3.95. The zero-order valence-corrected chi connectivity index (χ0v) is 12.0. The van der Waals surface area contributed by atoms with Crippen LogP contribution in [0.5, 0.6) is 0 Å². The molecule has 2 fully saturated rings. The van der Waals surface area contributed by atoms with E-state index in [1.807, 2.05) is 0 Å². The average molecular weight is 317 g/mol. The van der Waals surface area contributed by atoms with Crippen molar-refractivity contribution in [2.45, 2.75) is 25.4 Å². The minimum Gasteiger partial charge on any atom is -0.362 e. The van der Waals surface area contributed by atoms with Crippen LogP contribution in [0.2, 0.25) is 0 Å². The first-order valence-electron chi connectivity index (χ1n) is 6.53. The number of nitrogens with one attached hydrogen (secondary N) is 1. The molecule has 4 nitrogen and oxygen atoms in total. The quantitative estimate of drug-likeness (QED) is 0.860. The molecule has 0 aromatic heterocycles. The Hall–Kier alpha value is -0.530. The Labute approximate surface area is 122 Å². The Bertz CT molecular complexity index is 333. The third kappa shape index (κ3) is 4.79. The highest BCUT2D eigenvalue weighted by molar-refractivity contribution is 5.85. The topological polar surface area (TPSA) is 41.6 Å². The SMILES string of the molecule is Cl.O=C(COCC(F)(F)F)N1CCC2(CCNCC2)C1. The Morgan fingerprint density at radius 2 is 1.90 bits per heavy atom. The van der Waals surface area contributed by atoms with Crippen LogP contribution in [0.25, 0.3) is 0 Å². The van der Waals surface area contributed by atoms with E-state index in [1.54, 1.807) is 4.90 Å². The Morgan fingerprint density at radius 3 is 2.50 bits per heavy atom. The summed E-state index contributed by atoms with van der Waals surface area (Å²) in [5.74, 6) is -0.334. The fourth-order valence-corrected chi connectivity index (χ4v) is 2.86. The van der Waals surface area contributed by atoms with Crippen molar-refractivity contribution < 1.29 is 22.7 Å². The summed E-state index contributed by atoms with van der Waals surface area (Å²) >= 11 is 0. The number of likely N-dealkylation sites (tertiary alicyclic amines) is 1. The van der Waals surface area contributed by atoms with Gasteiger partial charge in [-0.2, -0.15) is 13.2 Å². The normalized spacial score (nSPS) is 21.9. The smallest absolute Gasteiger partial charge is 0.362 e. The zero-order valence-electron chi connectivity index (χ0n) is 11.2. The van der Waals surface area contributed by atoms with Gasteiger partial charge in [0.05, 0.1) is 0 Å². The molecule has 2 heterocycles. The molecule has 2 saturated heterocycles. The number of carbonyl (C=O) groups excluding carboxylic acids is 1. The predicted molar refractivity (Wildman–Crippen MR) is 69.9 cm³/mol. The van der Waals surface area contributed by atoms with Gasteiger partial charge in [-0.15, -0.1) is 12.4 Å². The molecule has 20 heavy (non-hydrogen) atoms. The lowest BCUT2D eigenvalue weighted by Crippen LogP contribution is -2.40. The zero-order chi connectivity index (χ0) is 13.9. The fraction of sp³-hybridized carbons (Fsp3) is 0.917. The van der Waals surface area contributed by atoms with Crippen molar-refractivity contribution in [3.63, 3.8) is 0 Å². The van der Waals surface area contributed by atoms with Crippen LogP contribution < -0.4 is 5.32 Å². The van der Waals surface area contributed by atoms with Crippen molar-refractivity contribution >= 4 is 18.3 Å². The lowest BCUT2D eigenvalue weighted by Gasteiger charge is -2.33. The molecule has 0 radical (unpaired) electrons. The summed E-state index contributed by atoms with van der Waals surface area (Å²) < 4.78 is 40.2. The number of rotatable bonds is 3. The summed E-state index contributed by atoms with van der Waals surface area (Å²) in [6.07, 6.45) is -1.37. The van der Waals surface area contributed by atoms with E-state index in [2.05, 4.69) is 10.1 Å². The minimum atomic E-state index is -4.37. The maximum Gasteiger partial charge on any atom is 0.411 e. The maximum atomic E-state index is 11.9. The van der Waals surface area contributed by atoms with Crippen molar-refractivity contribution in [1.29, 1.82) is 0 Å². The molecule has 0 aromatic carbocycles. The molecule has 1 N–H and O–H groups in total. The standard InChI is InChI=1S/C12H19F3N2O2.ClH/c13-12(14,15)9-19-7-10(18)17-6-3-11(8-17)1-4-16-5-2-11;/h16H,1-9H2;1H. The summed E-state index contributed by atoms with van der Waals surface area (Å²) in [6, 6.07) is 0. The van der Waals surface area contributed by atoms with Crippen molar-refractivity contribution in [2.24, 2.45) is 5.41 Å². The second-order valence-corrected chi connectivity index (χ2v) is 5.42. The molecule has 2 rings (SSSR count). The lowest BCUT2D eigenvalue weighted by atomic mass is 9.78. The van der Waals surface area contributed by atoms with Crippen LogP contribution in [0.4, 0.5) is 13.2 Å². The molecule has 2 aliphatic rings. The van der Waals surface area contributed by atoms with Gasteiger partial charge in [-0.25, -0.2) is 0 Å². The van der Waals surface area contributed by atoms with E-state index in [1.165, 1.54) is 0 Å². The van der Waals surface area contributed by atoms with Crippen LogP contribution in [0.15, 0.2) is 0 Å². The summed E-state index contributed by atoms with van der Waals surface area (Å²) in [7, 11) is 0. The van der Waals surface area contributed by atoms with E-state index in [9.17, 15) is 18.0 Å². The van der Waals surface area contributed by atoms with E-state index in [0.717, 1.165) is 32.4 Å². The number of piperidine rings is 1. The summed E-state index contributed by atoms with van der Waals surface area (Å²) in [5, 5.41) is 3.28. The van der Waals surface area contributed by atoms with Crippen LogP contribution in [0.1, 0.15) is 19.3 Å². The first kappa shape index (κ1) is 17.5. The van der Waals surface area contributed by atoms with E-state index >= 15 is 0 Å². The van der Waals surface area contributed by atoms with Gasteiger partial charge in [-0.05, 0) is 37.8 Å². The molecule has 0 saturated carbocycles. The van der Waals surface area contributed by atoms with Crippen LogP contribution >= 0.6 is 12.4 Å². The molecule has 8 heteroatoms. The number of halogens is 4. The van der Waals surface area contributed by atoms with Gasteiger partial charge < -0.3 is 15.0 Å². The second-order valence-electron chi connectivity index (χ2n) is 5.42. The molecular weight excluding hydrogens is 297 g/mol.